The fraction of sp³-hybridized carbons (Fsp3) is 0.438. The molecule has 2 nitrogen and oxygen atoms in total. The van der Waals surface area contributed by atoms with Gasteiger partial charge in [0.05, 0.1) is 16.6 Å². The van der Waals surface area contributed by atoms with E-state index in [1.807, 2.05) is 0 Å². The third-order valence-corrected chi connectivity index (χ3v) is 4.22. The highest BCUT2D eigenvalue weighted by Crippen LogP contribution is 2.37. The van der Waals surface area contributed by atoms with Crippen molar-refractivity contribution in [3.63, 3.8) is 0 Å². The van der Waals surface area contributed by atoms with Crippen LogP contribution in [-0.4, -0.2) is 29.8 Å². The van der Waals surface area contributed by atoms with Gasteiger partial charge in [-0.2, -0.15) is 0 Å². The van der Waals surface area contributed by atoms with E-state index in [-0.39, 0.29) is 13.0 Å². The van der Waals surface area contributed by atoms with Gasteiger partial charge in [-0.1, -0.05) is 42.1 Å². The lowest BCUT2D eigenvalue weighted by Crippen LogP contribution is -2.48. The number of carbonyl (C=O) groups excluding carboxylic acids is 1. The second kappa shape index (κ2) is 6.85. The number of rotatable bonds is 1. The van der Waals surface area contributed by atoms with Gasteiger partial charge in [0.15, 0.2) is 0 Å². The minimum Gasteiger partial charge on any atom is -0.325 e. The molecule has 22 heavy (non-hydrogen) atoms. The van der Waals surface area contributed by atoms with Crippen molar-refractivity contribution in [2.75, 3.05) is 13.1 Å². The van der Waals surface area contributed by atoms with E-state index >= 15 is 0 Å². The molecule has 1 unspecified atom stereocenters. The summed E-state index contributed by atoms with van der Waals surface area (Å²) in [6.45, 7) is 1.40. The van der Waals surface area contributed by atoms with Crippen molar-refractivity contribution < 1.29 is 13.6 Å². The van der Waals surface area contributed by atoms with Crippen molar-refractivity contribution in [2.24, 2.45) is 0 Å². The number of nitrogens with zero attached hydrogens (tertiary/aromatic N) is 1. The standard InChI is InChI=1S/C16H15Cl2F2NO/c1-2-3-4-15(22)21-9-12(8-16(19,20)10-21)11-5-6-13(17)14(18)7-11/h5-7,12H,2,8-10H2,1H3. The second-order valence-corrected chi connectivity index (χ2v) is 6.09. The fourth-order valence-corrected chi connectivity index (χ4v) is 2.79. The number of carbonyl (C=O) groups is 1. The van der Waals surface area contributed by atoms with Crippen LogP contribution in [0.25, 0.3) is 0 Å². The number of halogens is 4. The van der Waals surface area contributed by atoms with Crippen LogP contribution >= 0.6 is 23.2 Å². The predicted molar refractivity (Wildman–Crippen MR) is 83.4 cm³/mol. The van der Waals surface area contributed by atoms with Crippen LogP contribution in [0.5, 0.6) is 0 Å². The van der Waals surface area contributed by atoms with Gasteiger partial charge in [-0.3, -0.25) is 4.79 Å². The van der Waals surface area contributed by atoms with Crippen molar-refractivity contribution >= 4 is 29.1 Å². The van der Waals surface area contributed by atoms with Gasteiger partial charge in [0.1, 0.15) is 0 Å². The minimum atomic E-state index is -2.95. The number of benzene rings is 1. The van der Waals surface area contributed by atoms with Crippen molar-refractivity contribution in [2.45, 2.75) is 31.6 Å². The van der Waals surface area contributed by atoms with Crippen molar-refractivity contribution in [3.8, 4) is 11.8 Å². The van der Waals surface area contributed by atoms with Gasteiger partial charge in [-0.05, 0) is 23.6 Å². The Kier molecular flexibility index (Phi) is 5.31. The monoisotopic (exact) mass is 345 g/mol. The Labute approximate surface area is 138 Å². The van der Waals surface area contributed by atoms with E-state index in [0.717, 1.165) is 4.90 Å². The van der Waals surface area contributed by atoms with E-state index in [9.17, 15) is 13.6 Å². The first-order valence-corrected chi connectivity index (χ1v) is 7.68. The molecule has 0 aromatic heterocycles. The van der Waals surface area contributed by atoms with Gasteiger partial charge in [0.25, 0.3) is 11.8 Å². The molecular weight excluding hydrogens is 331 g/mol. The van der Waals surface area contributed by atoms with Crippen LogP contribution in [0.15, 0.2) is 18.2 Å². The van der Waals surface area contributed by atoms with Crippen LogP contribution in [0.3, 0.4) is 0 Å². The average Bonchev–Trinajstić information content (AvgIpc) is 2.45. The summed E-state index contributed by atoms with van der Waals surface area (Å²) in [6, 6.07) is 4.83. The van der Waals surface area contributed by atoms with Crippen LogP contribution in [0.1, 0.15) is 31.2 Å². The Balaban J connectivity index is 2.24. The first kappa shape index (κ1) is 17.1. The molecule has 1 amide bonds. The molecule has 1 saturated heterocycles. The second-order valence-electron chi connectivity index (χ2n) is 5.27. The third-order valence-electron chi connectivity index (χ3n) is 3.48. The summed E-state index contributed by atoms with van der Waals surface area (Å²) >= 11 is 11.8. The molecule has 0 N–H and O–H groups in total. The molecule has 2 rings (SSSR count). The highest BCUT2D eigenvalue weighted by Gasteiger charge is 2.42. The molecule has 118 valence electrons. The summed E-state index contributed by atoms with van der Waals surface area (Å²) in [7, 11) is 0. The Morgan fingerprint density at radius 3 is 2.77 bits per heavy atom. The molecule has 1 aliphatic heterocycles. The molecule has 6 heteroatoms. The molecule has 1 aliphatic rings. The van der Waals surface area contributed by atoms with Crippen molar-refractivity contribution in [1.82, 2.24) is 4.90 Å². The number of likely N-dealkylation sites (tertiary alicyclic amines) is 1. The highest BCUT2D eigenvalue weighted by molar-refractivity contribution is 6.42. The van der Waals surface area contributed by atoms with Crippen molar-refractivity contribution in [3.05, 3.63) is 33.8 Å². The van der Waals surface area contributed by atoms with Gasteiger partial charge in [0.2, 0.25) is 0 Å². The van der Waals surface area contributed by atoms with Crippen LogP contribution < -0.4 is 0 Å². The van der Waals surface area contributed by atoms with E-state index in [1.54, 1.807) is 25.1 Å². The summed E-state index contributed by atoms with van der Waals surface area (Å²) in [6.07, 6.45) is 0.183. The first-order valence-electron chi connectivity index (χ1n) is 6.93. The molecule has 1 atom stereocenters. The van der Waals surface area contributed by atoms with E-state index in [2.05, 4.69) is 11.8 Å². The summed E-state index contributed by atoms with van der Waals surface area (Å²) in [4.78, 5) is 13.0. The molecule has 1 aromatic carbocycles. The maximum atomic E-state index is 14.0. The zero-order chi connectivity index (χ0) is 16.3. The fourth-order valence-electron chi connectivity index (χ4n) is 2.49. The zero-order valence-electron chi connectivity index (χ0n) is 12.0. The lowest BCUT2D eigenvalue weighted by molar-refractivity contribution is -0.137. The van der Waals surface area contributed by atoms with Gasteiger partial charge < -0.3 is 4.90 Å². The van der Waals surface area contributed by atoms with E-state index in [4.69, 9.17) is 23.2 Å². The highest BCUT2D eigenvalue weighted by atomic mass is 35.5. The third kappa shape index (κ3) is 4.12. The van der Waals surface area contributed by atoms with Crippen LogP contribution in [0.4, 0.5) is 8.78 Å². The maximum absolute atomic E-state index is 14.0. The van der Waals surface area contributed by atoms with Gasteiger partial charge >= 0.3 is 0 Å². The van der Waals surface area contributed by atoms with Crippen LogP contribution in [-0.2, 0) is 4.79 Å². The summed E-state index contributed by atoms with van der Waals surface area (Å²) in [5.41, 5.74) is 0.648. The van der Waals surface area contributed by atoms with E-state index in [1.165, 1.54) is 0 Å². The molecule has 1 fully saturated rings. The molecular formula is C16H15Cl2F2NO. The van der Waals surface area contributed by atoms with E-state index < -0.39 is 24.3 Å². The average molecular weight is 346 g/mol. The Hall–Kier alpha value is -1.31. The number of alkyl halides is 2. The van der Waals surface area contributed by atoms with Gasteiger partial charge in [-0.15, -0.1) is 0 Å². The normalized spacial score (nSPS) is 20.2. The van der Waals surface area contributed by atoms with Crippen LogP contribution in [0, 0.1) is 11.8 Å². The topological polar surface area (TPSA) is 20.3 Å². The molecule has 0 radical (unpaired) electrons. The van der Waals surface area contributed by atoms with Crippen LogP contribution in [0.2, 0.25) is 10.0 Å². The molecule has 0 spiro atoms. The maximum Gasteiger partial charge on any atom is 0.298 e. The number of hydrogen-bond donors (Lipinski definition) is 0. The Morgan fingerprint density at radius 2 is 2.14 bits per heavy atom. The zero-order valence-corrected chi connectivity index (χ0v) is 13.5. The number of piperidine rings is 1. The lowest BCUT2D eigenvalue weighted by Gasteiger charge is -2.37. The predicted octanol–water partition coefficient (Wildman–Crippen LogP) is 4.36. The van der Waals surface area contributed by atoms with E-state index in [0.29, 0.717) is 22.0 Å². The minimum absolute atomic E-state index is 0.199. The Morgan fingerprint density at radius 1 is 1.41 bits per heavy atom. The lowest BCUT2D eigenvalue weighted by atomic mass is 9.88. The first-order chi connectivity index (χ1) is 10.3. The Bertz CT molecular complexity index is 637. The smallest absolute Gasteiger partial charge is 0.298 e. The molecule has 1 aromatic rings. The molecule has 0 aliphatic carbocycles. The van der Waals surface area contributed by atoms with Gasteiger partial charge in [0, 0.05) is 25.3 Å². The summed E-state index contributed by atoms with van der Waals surface area (Å²) in [5, 5.41) is 0.687. The molecule has 0 bridgehead atoms. The van der Waals surface area contributed by atoms with Crippen molar-refractivity contribution in [1.29, 1.82) is 0 Å². The number of amides is 1. The quantitative estimate of drug-likeness (QED) is 0.692. The largest absolute Gasteiger partial charge is 0.325 e. The summed E-state index contributed by atoms with van der Waals surface area (Å²) in [5.74, 6) is 1.00. The number of hydrogen-bond acceptors (Lipinski definition) is 1. The summed E-state index contributed by atoms with van der Waals surface area (Å²) < 4.78 is 27.9. The SMILES string of the molecule is CCC#CC(=O)N1CC(c2ccc(Cl)c(Cl)c2)CC(F)(F)C1. The van der Waals surface area contributed by atoms with Gasteiger partial charge in [-0.25, -0.2) is 8.78 Å². The molecule has 1 heterocycles. The molecule has 0 saturated carbocycles.